The van der Waals surface area contributed by atoms with Crippen molar-refractivity contribution in [3.63, 3.8) is 0 Å². The lowest BCUT2D eigenvalue weighted by Crippen LogP contribution is -1.90. The van der Waals surface area contributed by atoms with Crippen molar-refractivity contribution < 1.29 is 14.1 Å². The molecule has 0 aromatic rings. The molecule has 52 valence electrons. The predicted molar refractivity (Wildman–Crippen MR) is 35.0 cm³/mol. The third kappa shape index (κ3) is 5.60. The minimum Gasteiger partial charge on any atom is -0.338 e. The first kappa shape index (κ1) is 8.73. The summed E-state index contributed by atoms with van der Waals surface area (Å²) in [6.07, 6.45) is 0.984. The maximum atomic E-state index is 10.6. The van der Waals surface area contributed by atoms with Crippen molar-refractivity contribution in [2.75, 3.05) is 19.1 Å². The molecule has 0 aliphatic heterocycles. The van der Waals surface area contributed by atoms with Crippen molar-refractivity contribution in [2.45, 2.75) is 6.92 Å². The van der Waals surface area contributed by atoms with Gasteiger partial charge in [-0.3, -0.25) is 4.79 Å². The summed E-state index contributed by atoms with van der Waals surface area (Å²) < 4.78 is 15.4. The number of rotatable bonds is 5. The molecule has 1 atom stereocenters. The van der Waals surface area contributed by atoms with Gasteiger partial charge in [-0.2, -0.15) is 0 Å². The van der Waals surface area contributed by atoms with Crippen LogP contribution in [0.1, 0.15) is 6.92 Å². The van der Waals surface area contributed by atoms with Crippen LogP contribution in [-0.4, -0.2) is 25.4 Å². The number of carbonyl (C=O) groups is 1. The highest BCUT2D eigenvalue weighted by atomic mass is 31.1. The highest BCUT2D eigenvalue weighted by Crippen LogP contribution is 2.17. The standard InChI is InChI=1S/C5H10O3P/c1-2-8-5-9(7)4-3-6/h3H,2,4-5H2,1H3/q+1. The summed E-state index contributed by atoms with van der Waals surface area (Å²) in [5.74, 6) is 0. The molecule has 0 heterocycles. The Kier molecular flexibility index (Phi) is 5.68. The quantitative estimate of drug-likeness (QED) is 0.432. The van der Waals surface area contributed by atoms with E-state index < -0.39 is 7.80 Å². The second kappa shape index (κ2) is 5.86. The molecule has 0 aromatic carbocycles. The predicted octanol–water partition coefficient (Wildman–Crippen LogP) is 1.01. The molecule has 0 aliphatic carbocycles. The number of ether oxygens (including phenoxy) is 1. The van der Waals surface area contributed by atoms with Crippen LogP contribution < -0.4 is 0 Å². The van der Waals surface area contributed by atoms with Gasteiger partial charge in [-0.25, -0.2) is 0 Å². The van der Waals surface area contributed by atoms with E-state index in [1.165, 1.54) is 0 Å². The molecule has 1 unspecified atom stereocenters. The van der Waals surface area contributed by atoms with Gasteiger partial charge >= 0.3 is 7.80 Å². The summed E-state index contributed by atoms with van der Waals surface area (Å²) in [7, 11) is -1.43. The fourth-order valence-electron chi connectivity index (χ4n) is 0.329. The summed E-state index contributed by atoms with van der Waals surface area (Å²) in [5.41, 5.74) is 0. The number of carbonyl (C=O) groups excluding carboxylic acids is 1. The van der Waals surface area contributed by atoms with Crippen molar-refractivity contribution in [2.24, 2.45) is 0 Å². The topological polar surface area (TPSA) is 43.4 Å². The van der Waals surface area contributed by atoms with Crippen LogP contribution in [0.5, 0.6) is 0 Å². The Balaban J connectivity index is 3.16. The third-order valence-corrected chi connectivity index (χ3v) is 1.74. The first-order valence-corrected chi connectivity index (χ1v) is 4.37. The molecule has 4 heteroatoms. The van der Waals surface area contributed by atoms with Gasteiger partial charge in [0.25, 0.3) is 0 Å². The van der Waals surface area contributed by atoms with Crippen LogP contribution in [0.15, 0.2) is 0 Å². The van der Waals surface area contributed by atoms with E-state index in [2.05, 4.69) is 0 Å². The molecule has 0 bridgehead atoms. The lowest BCUT2D eigenvalue weighted by molar-refractivity contribution is -0.105. The first-order valence-electron chi connectivity index (χ1n) is 2.74. The summed E-state index contributed by atoms with van der Waals surface area (Å²) in [6.45, 7) is 2.38. The lowest BCUT2D eigenvalue weighted by atomic mass is 10.9. The normalized spacial score (nSPS) is 11.0. The van der Waals surface area contributed by atoms with Gasteiger partial charge in [0.2, 0.25) is 12.5 Å². The van der Waals surface area contributed by atoms with Gasteiger partial charge < -0.3 is 4.74 Å². The van der Waals surface area contributed by atoms with Crippen LogP contribution in [0.25, 0.3) is 0 Å². The molecule has 0 saturated heterocycles. The molecule has 0 amide bonds. The highest BCUT2D eigenvalue weighted by Gasteiger charge is 2.12. The molecule has 0 aromatic heterocycles. The van der Waals surface area contributed by atoms with Gasteiger partial charge in [0.1, 0.15) is 0 Å². The average molecular weight is 149 g/mol. The van der Waals surface area contributed by atoms with Crippen LogP contribution >= 0.6 is 7.80 Å². The second-order valence-corrected chi connectivity index (χ2v) is 3.04. The third-order valence-electron chi connectivity index (χ3n) is 0.718. The second-order valence-electron chi connectivity index (χ2n) is 1.45. The molecule has 0 radical (unpaired) electrons. The van der Waals surface area contributed by atoms with Gasteiger partial charge in [0.15, 0.2) is 6.29 Å². The zero-order chi connectivity index (χ0) is 7.11. The van der Waals surface area contributed by atoms with Crippen LogP contribution in [-0.2, 0) is 14.1 Å². The number of hydrogen-bond donors (Lipinski definition) is 0. The van der Waals surface area contributed by atoms with E-state index in [9.17, 15) is 9.36 Å². The van der Waals surface area contributed by atoms with Gasteiger partial charge in [0, 0.05) is 6.61 Å². The molecule has 0 saturated carbocycles. The number of hydrogen-bond acceptors (Lipinski definition) is 3. The molecular formula is C5H10O3P+. The first-order chi connectivity index (χ1) is 4.31. The van der Waals surface area contributed by atoms with Gasteiger partial charge in [-0.05, 0) is 6.92 Å². The van der Waals surface area contributed by atoms with Crippen molar-refractivity contribution in [3.8, 4) is 0 Å². The van der Waals surface area contributed by atoms with Crippen LogP contribution in [0, 0.1) is 0 Å². The van der Waals surface area contributed by atoms with Gasteiger partial charge in [0.05, 0.1) is 0 Å². The minimum atomic E-state index is -1.43. The van der Waals surface area contributed by atoms with Crippen molar-refractivity contribution in [1.82, 2.24) is 0 Å². The van der Waals surface area contributed by atoms with Crippen LogP contribution in [0.4, 0.5) is 0 Å². The van der Waals surface area contributed by atoms with E-state index in [4.69, 9.17) is 4.74 Å². The van der Waals surface area contributed by atoms with E-state index in [1.54, 1.807) is 0 Å². The molecule has 0 spiro atoms. The minimum absolute atomic E-state index is 0.120. The van der Waals surface area contributed by atoms with E-state index in [0.717, 1.165) is 0 Å². The van der Waals surface area contributed by atoms with Crippen LogP contribution in [0.3, 0.4) is 0 Å². The monoisotopic (exact) mass is 149 g/mol. The summed E-state index contributed by atoms with van der Waals surface area (Å²) in [4.78, 5) is 9.74. The summed E-state index contributed by atoms with van der Waals surface area (Å²) >= 11 is 0. The Morgan fingerprint density at radius 2 is 2.33 bits per heavy atom. The Bertz CT molecular complexity index is 102. The van der Waals surface area contributed by atoms with E-state index in [-0.39, 0.29) is 12.5 Å². The largest absolute Gasteiger partial charge is 0.374 e. The average Bonchev–Trinajstić information content (AvgIpc) is 1.85. The van der Waals surface area contributed by atoms with Crippen molar-refractivity contribution >= 4 is 14.1 Å². The Morgan fingerprint density at radius 3 is 2.78 bits per heavy atom. The molecule has 0 fully saturated rings. The van der Waals surface area contributed by atoms with E-state index in [1.807, 2.05) is 6.92 Å². The van der Waals surface area contributed by atoms with Crippen molar-refractivity contribution in [3.05, 3.63) is 0 Å². The maximum Gasteiger partial charge on any atom is 0.374 e. The molecule has 0 aliphatic rings. The fourth-order valence-corrected chi connectivity index (χ4v) is 0.987. The Labute approximate surface area is 55.2 Å². The fraction of sp³-hybridized carbons (Fsp3) is 0.800. The van der Waals surface area contributed by atoms with E-state index in [0.29, 0.717) is 12.9 Å². The molecule has 0 N–H and O–H groups in total. The Hall–Kier alpha value is -0.270. The zero-order valence-electron chi connectivity index (χ0n) is 5.37. The molecule has 9 heavy (non-hydrogen) atoms. The SMILES string of the molecule is CCOC[P+](=O)CC=O. The Morgan fingerprint density at radius 1 is 1.67 bits per heavy atom. The van der Waals surface area contributed by atoms with E-state index >= 15 is 0 Å². The molecule has 3 nitrogen and oxygen atoms in total. The van der Waals surface area contributed by atoms with Gasteiger partial charge in [-0.15, -0.1) is 0 Å². The summed E-state index contributed by atoms with van der Waals surface area (Å²) in [6, 6.07) is 0. The highest BCUT2D eigenvalue weighted by molar-refractivity contribution is 7.45. The summed E-state index contributed by atoms with van der Waals surface area (Å²) in [5, 5.41) is 0. The maximum absolute atomic E-state index is 10.6. The van der Waals surface area contributed by atoms with Crippen molar-refractivity contribution in [1.29, 1.82) is 0 Å². The smallest absolute Gasteiger partial charge is 0.338 e. The lowest BCUT2D eigenvalue weighted by Gasteiger charge is -1.85. The molecular weight excluding hydrogens is 139 g/mol. The van der Waals surface area contributed by atoms with Crippen LogP contribution in [0.2, 0.25) is 0 Å². The number of aldehydes is 1. The zero-order valence-corrected chi connectivity index (χ0v) is 6.27. The molecule has 0 rings (SSSR count). The van der Waals surface area contributed by atoms with Gasteiger partial charge in [-0.1, -0.05) is 4.57 Å².